The summed E-state index contributed by atoms with van der Waals surface area (Å²) in [7, 11) is -3.24. The van der Waals surface area contributed by atoms with Crippen LogP contribution in [0.2, 0.25) is 0 Å². The van der Waals surface area contributed by atoms with E-state index in [1.807, 2.05) is 0 Å². The molecule has 5 fully saturated rings. The molecule has 37 heavy (non-hydrogen) atoms. The quantitative estimate of drug-likeness (QED) is 0.216. The monoisotopic (exact) mass is 532 g/mol. The lowest BCUT2D eigenvalue weighted by atomic mass is 9.67. The SMILES string of the molecule is C=C(C)C(=O)OC1CC(P2(=O)OC3CCCCC3C3CCCCC32)C(OC(=O)C(=C)C)C2CCCCC12. The summed E-state index contributed by atoms with van der Waals surface area (Å²) in [5.41, 5.74) is 0.283. The van der Waals surface area contributed by atoms with Crippen molar-refractivity contribution in [2.24, 2.45) is 23.7 Å². The molecule has 1 saturated heterocycles. The maximum atomic E-state index is 15.4. The Morgan fingerprint density at radius 3 is 1.92 bits per heavy atom. The Morgan fingerprint density at radius 1 is 0.703 bits per heavy atom. The average Bonchev–Trinajstić information content (AvgIpc) is 2.89. The molecule has 4 aliphatic carbocycles. The molecule has 0 aromatic heterocycles. The van der Waals surface area contributed by atoms with Crippen molar-refractivity contribution in [2.45, 2.75) is 127 Å². The van der Waals surface area contributed by atoms with Crippen molar-refractivity contribution in [3.63, 3.8) is 0 Å². The van der Waals surface area contributed by atoms with Crippen molar-refractivity contribution >= 4 is 19.3 Å². The summed E-state index contributed by atoms with van der Waals surface area (Å²) in [4.78, 5) is 25.6. The summed E-state index contributed by atoms with van der Waals surface area (Å²) in [5, 5.41) is 0. The van der Waals surface area contributed by atoms with E-state index in [-0.39, 0.29) is 29.7 Å². The van der Waals surface area contributed by atoms with Gasteiger partial charge in [-0.05, 0) is 64.2 Å². The first-order valence-electron chi connectivity index (χ1n) is 14.7. The van der Waals surface area contributed by atoms with Crippen molar-refractivity contribution in [3.05, 3.63) is 24.3 Å². The molecule has 4 saturated carbocycles. The normalized spacial score (nSPS) is 43.4. The number of rotatable bonds is 5. The van der Waals surface area contributed by atoms with Crippen LogP contribution in [0.4, 0.5) is 0 Å². The molecule has 0 radical (unpaired) electrons. The van der Waals surface area contributed by atoms with Gasteiger partial charge in [0.05, 0.1) is 11.8 Å². The Bertz CT molecular complexity index is 973. The van der Waals surface area contributed by atoms with E-state index in [2.05, 4.69) is 13.2 Å². The molecule has 0 amide bonds. The Balaban J connectivity index is 1.54. The van der Waals surface area contributed by atoms with Gasteiger partial charge in [0.1, 0.15) is 12.2 Å². The summed E-state index contributed by atoms with van der Waals surface area (Å²) in [6.07, 6.45) is 12.2. The van der Waals surface area contributed by atoms with Crippen molar-refractivity contribution in [1.82, 2.24) is 0 Å². The lowest BCUT2D eigenvalue weighted by Gasteiger charge is -2.56. The number of esters is 2. The summed E-state index contributed by atoms with van der Waals surface area (Å²) in [6, 6.07) is 0. The van der Waals surface area contributed by atoms with Crippen molar-refractivity contribution in [2.75, 3.05) is 0 Å². The highest BCUT2D eigenvalue weighted by Gasteiger charge is 2.62. The first-order valence-corrected chi connectivity index (χ1v) is 16.5. The Morgan fingerprint density at radius 2 is 1.24 bits per heavy atom. The minimum absolute atomic E-state index is 0.000679. The first kappa shape index (κ1) is 27.2. The highest BCUT2D eigenvalue weighted by molar-refractivity contribution is 7.60. The lowest BCUT2D eigenvalue weighted by molar-refractivity contribution is -0.167. The molecule has 6 nitrogen and oxygen atoms in total. The van der Waals surface area contributed by atoms with Gasteiger partial charge in [0.25, 0.3) is 0 Å². The van der Waals surface area contributed by atoms with Crippen LogP contribution in [0, 0.1) is 23.7 Å². The minimum Gasteiger partial charge on any atom is -0.459 e. The second-order valence-electron chi connectivity index (χ2n) is 12.5. The van der Waals surface area contributed by atoms with Crippen LogP contribution in [0.15, 0.2) is 24.3 Å². The largest absolute Gasteiger partial charge is 0.459 e. The average molecular weight is 533 g/mol. The van der Waals surface area contributed by atoms with E-state index in [4.69, 9.17) is 14.0 Å². The molecule has 0 bridgehead atoms. The van der Waals surface area contributed by atoms with Gasteiger partial charge in [-0.25, -0.2) is 9.59 Å². The highest BCUT2D eigenvalue weighted by Crippen LogP contribution is 2.71. The molecule has 10 unspecified atom stereocenters. The fourth-order valence-electron chi connectivity index (χ4n) is 8.45. The second kappa shape index (κ2) is 11.0. The summed E-state index contributed by atoms with van der Waals surface area (Å²) >= 11 is 0. The van der Waals surface area contributed by atoms with Gasteiger partial charge < -0.3 is 14.0 Å². The van der Waals surface area contributed by atoms with E-state index < -0.39 is 31.1 Å². The number of fused-ring (bicyclic) bond motifs is 4. The zero-order valence-corrected chi connectivity index (χ0v) is 23.6. The highest BCUT2D eigenvalue weighted by atomic mass is 31.2. The minimum atomic E-state index is -3.24. The van der Waals surface area contributed by atoms with Gasteiger partial charge in [-0.15, -0.1) is 0 Å². The molecule has 5 rings (SSSR count). The van der Waals surface area contributed by atoms with E-state index in [9.17, 15) is 9.59 Å². The van der Waals surface area contributed by atoms with Crippen LogP contribution in [0.5, 0.6) is 0 Å². The molecular weight excluding hydrogens is 487 g/mol. The zero-order valence-electron chi connectivity index (χ0n) is 22.7. The molecule has 1 heterocycles. The first-order chi connectivity index (χ1) is 17.7. The standard InChI is InChI=1S/C30H45O6P/c1-18(2)29(31)34-25-17-27(28(35-30(32)19(3)4)23-14-6-5-12-21(23)25)37(33)26-16-10-8-13-22(26)20-11-7-9-15-24(20)36-37/h20-28H,1,3,5-17H2,2,4H3. The molecular formula is C30H45O6P. The van der Waals surface area contributed by atoms with Crippen molar-refractivity contribution in [1.29, 1.82) is 0 Å². The molecule has 5 aliphatic rings. The van der Waals surface area contributed by atoms with E-state index >= 15 is 4.57 Å². The van der Waals surface area contributed by atoms with Crippen LogP contribution in [0.3, 0.4) is 0 Å². The van der Waals surface area contributed by atoms with E-state index in [1.54, 1.807) is 13.8 Å². The van der Waals surface area contributed by atoms with Gasteiger partial charge in [-0.1, -0.05) is 51.7 Å². The van der Waals surface area contributed by atoms with E-state index in [1.165, 1.54) is 12.8 Å². The molecule has 7 heteroatoms. The Kier molecular flexibility index (Phi) is 8.08. The second-order valence-corrected chi connectivity index (χ2v) is 15.4. The predicted molar refractivity (Wildman–Crippen MR) is 143 cm³/mol. The van der Waals surface area contributed by atoms with Crippen LogP contribution >= 0.6 is 7.37 Å². The van der Waals surface area contributed by atoms with Crippen LogP contribution in [0.25, 0.3) is 0 Å². The topological polar surface area (TPSA) is 78.9 Å². The number of hydrogen-bond donors (Lipinski definition) is 0. The number of hydrogen-bond acceptors (Lipinski definition) is 6. The maximum Gasteiger partial charge on any atom is 0.333 e. The molecule has 206 valence electrons. The molecule has 0 aromatic rings. The zero-order chi connectivity index (χ0) is 26.3. The lowest BCUT2D eigenvalue weighted by Crippen LogP contribution is -2.56. The molecule has 1 aliphatic heterocycles. The van der Waals surface area contributed by atoms with Gasteiger partial charge in [-0.2, -0.15) is 0 Å². The van der Waals surface area contributed by atoms with Gasteiger partial charge in [-0.3, -0.25) is 4.57 Å². The van der Waals surface area contributed by atoms with Crippen LogP contribution in [0.1, 0.15) is 97.3 Å². The van der Waals surface area contributed by atoms with Gasteiger partial charge >= 0.3 is 11.9 Å². The van der Waals surface area contributed by atoms with Gasteiger partial charge in [0.15, 0.2) is 0 Å². The smallest absolute Gasteiger partial charge is 0.333 e. The van der Waals surface area contributed by atoms with Gasteiger partial charge in [0, 0.05) is 35.1 Å². The van der Waals surface area contributed by atoms with Crippen LogP contribution in [-0.4, -0.2) is 41.6 Å². The van der Waals surface area contributed by atoms with E-state index in [0.29, 0.717) is 29.4 Å². The third kappa shape index (κ3) is 5.14. The number of ether oxygens (including phenoxy) is 2. The van der Waals surface area contributed by atoms with E-state index in [0.717, 1.165) is 64.2 Å². The van der Waals surface area contributed by atoms with Crippen LogP contribution in [-0.2, 0) is 28.2 Å². The van der Waals surface area contributed by atoms with Crippen molar-refractivity contribution < 1.29 is 28.2 Å². The molecule has 10 atom stereocenters. The number of carbonyl (C=O) groups excluding carboxylic acids is 2. The maximum absolute atomic E-state index is 15.4. The number of carbonyl (C=O) groups is 2. The van der Waals surface area contributed by atoms with Crippen molar-refractivity contribution in [3.8, 4) is 0 Å². The third-order valence-corrected chi connectivity index (χ3v) is 13.7. The fourth-order valence-corrected chi connectivity index (χ4v) is 12.6. The summed E-state index contributed by atoms with van der Waals surface area (Å²) < 4.78 is 34.5. The Labute approximate surface area is 222 Å². The van der Waals surface area contributed by atoms with Gasteiger partial charge in [0.2, 0.25) is 7.37 Å². The third-order valence-electron chi connectivity index (χ3n) is 10.1. The predicted octanol–water partition coefficient (Wildman–Crippen LogP) is 6.97. The fraction of sp³-hybridized carbons (Fsp3) is 0.800. The molecule has 0 spiro atoms. The summed E-state index contributed by atoms with van der Waals surface area (Å²) in [6.45, 7) is 10.9. The Hall–Kier alpha value is -1.39. The van der Waals surface area contributed by atoms with Crippen LogP contribution < -0.4 is 0 Å². The summed E-state index contributed by atoms with van der Waals surface area (Å²) in [5.74, 6) is 0.168. The molecule has 0 aromatic carbocycles. The molecule has 0 N–H and O–H groups in total.